The number of nitrogens with one attached hydrogen (secondary N) is 2. The summed E-state index contributed by atoms with van der Waals surface area (Å²) in [5, 5.41) is 6.68. The lowest BCUT2D eigenvalue weighted by molar-refractivity contribution is 0.342. The Morgan fingerprint density at radius 3 is 2.27 bits per heavy atom. The van der Waals surface area contributed by atoms with Crippen LogP contribution in [0, 0.1) is 0 Å². The number of aliphatic imine (C=N–C) groups is 1. The zero-order chi connectivity index (χ0) is 23.3. The average molecular weight is 449 g/mol. The van der Waals surface area contributed by atoms with Gasteiger partial charge in [-0.3, -0.25) is 0 Å². The van der Waals surface area contributed by atoms with Gasteiger partial charge in [0.25, 0.3) is 0 Å². The van der Waals surface area contributed by atoms with Crippen LogP contribution in [-0.4, -0.2) is 38.3 Å². The first-order valence-corrected chi connectivity index (χ1v) is 11.1. The molecule has 0 spiro atoms. The Morgan fingerprint density at radius 2 is 1.64 bits per heavy atom. The fourth-order valence-electron chi connectivity index (χ4n) is 3.24. The van der Waals surface area contributed by atoms with Crippen molar-refractivity contribution in [1.82, 2.24) is 15.6 Å². The van der Waals surface area contributed by atoms with Gasteiger partial charge < -0.3 is 24.8 Å². The number of benzene rings is 2. The van der Waals surface area contributed by atoms with Crippen LogP contribution < -0.4 is 24.8 Å². The summed E-state index contributed by atoms with van der Waals surface area (Å²) in [6.07, 6.45) is 3.84. The Balaban J connectivity index is 1.55. The number of rotatable bonds is 11. The monoisotopic (exact) mass is 448 g/mol. The second-order valence-corrected chi connectivity index (χ2v) is 7.31. The van der Waals surface area contributed by atoms with Crippen LogP contribution in [0.25, 0.3) is 0 Å². The van der Waals surface area contributed by atoms with Gasteiger partial charge >= 0.3 is 0 Å². The van der Waals surface area contributed by atoms with E-state index >= 15 is 0 Å². The van der Waals surface area contributed by atoms with Crippen LogP contribution in [-0.2, 0) is 13.0 Å². The third kappa shape index (κ3) is 7.42. The number of hydrogen-bond acceptors (Lipinski definition) is 5. The normalized spacial score (nSPS) is 11.1. The van der Waals surface area contributed by atoms with E-state index < -0.39 is 0 Å². The van der Waals surface area contributed by atoms with Crippen molar-refractivity contribution in [2.24, 2.45) is 4.99 Å². The van der Waals surface area contributed by atoms with Crippen molar-refractivity contribution in [3.05, 3.63) is 78.0 Å². The maximum Gasteiger partial charge on any atom is 0.219 e. The van der Waals surface area contributed by atoms with Crippen LogP contribution >= 0.6 is 0 Å². The molecule has 3 aromatic rings. The minimum absolute atomic E-state index is 0.455. The maximum atomic E-state index is 5.92. The standard InChI is InChI=1S/C26H32N4O3/c1-4-27-26(28-17-9-12-20-10-6-5-7-11-20)30-19-21-15-16-24(29-18-21)33-25-22(31-2)13-8-14-23(25)32-3/h5-8,10-11,13-16,18H,4,9,12,17,19H2,1-3H3,(H2,27,28,30). The second-order valence-electron chi connectivity index (χ2n) is 7.31. The molecule has 2 aromatic carbocycles. The van der Waals surface area contributed by atoms with Crippen molar-refractivity contribution >= 4 is 5.96 Å². The molecule has 0 radical (unpaired) electrons. The third-order valence-electron chi connectivity index (χ3n) is 4.93. The summed E-state index contributed by atoms with van der Waals surface area (Å²) in [4.78, 5) is 9.08. The minimum atomic E-state index is 0.455. The smallest absolute Gasteiger partial charge is 0.219 e. The Kier molecular flexibility index (Phi) is 9.39. The Morgan fingerprint density at radius 1 is 0.879 bits per heavy atom. The number of ether oxygens (including phenoxy) is 3. The van der Waals surface area contributed by atoms with E-state index in [4.69, 9.17) is 14.2 Å². The highest BCUT2D eigenvalue weighted by atomic mass is 16.5. The Bertz CT molecular complexity index is 986. The number of methoxy groups -OCH3 is 2. The molecular weight excluding hydrogens is 416 g/mol. The van der Waals surface area contributed by atoms with Gasteiger partial charge in [0.05, 0.1) is 20.8 Å². The summed E-state index contributed by atoms with van der Waals surface area (Å²) in [5.74, 6) is 2.91. The summed E-state index contributed by atoms with van der Waals surface area (Å²) in [5.41, 5.74) is 2.33. The second kappa shape index (κ2) is 13.0. The molecule has 1 heterocycles. The summed E-state index contributed by atoms with van der Waals surface area (Å²) in [7, 11) is 3.18. The number of hydrogen-bond donors (Lipinski definition) is 2. The van der Waals surface area contributed by atoms with Crippen molar-refractivity contribution in [1.29, 1.82) is 0 Å². The summed E-state index contributed by atoms with van der Waals surface area (Å²) < 4.78 is 16.7. The third-order valence-corrected chi connectivity index (χ3v) is 4.93. The van der Waals surface area contributed by atoms with Crippen LogP contribution in [0.4, 0.5) is 0 Å². The van der Waals surface area contributed by atoms with E-state index in [2.05, 4.69) is 51.8 Å². The summed E-state index contributed by atoms with van der Waals surface area (Å²) in [6.45, 7) is 4.23. The molecule has 0 saturated carbocycles. The van der Waals surface area contributed by atoms with Gasteiger partial charge in [-0.25, -0.2) is 9.98 Å². The van der Waals surface area contributed by atoms with E-state index in [9.17, 15) is 0 Å². The molecule has 1 aromatic heterocycles. The van der Waals surface area contributed by atoms with E-state index in [0.717, 1.165) is 37.5 Å². The molecule has 2 N–H and O–H groups in total. The molecule has 7 heteroatoms. The SMILES string of the molecule is CCNC(=NCc1ccc(Oc2c(OC)cccc2OC)nc1)NCCCc1ccccc1. The molecule has 0 aliphatic heterocycles. The largest absolute Gasteiger partial charge is 0.493 e. The maximum absolute atomic E-state index is 5.92. The molecule has 7 nitrogen and oxygen atoms in total. The Hall–Kier alpha value is -3.74. The van der Waals surface area contributed by atoms with Crippen LogP contribution in [0.2, 0.25) is 0 Å². The Labute approximate surface area is 195 Å². The van der Waals surface area contributed by atoms with Crippen molar-refractivity contribution in [3.8, 4) is 23.1 Å². The number of aryl methyl sites for hydroxylation is 1. The van der Waals surface area contributed by atoms with E-state index in [1.54, 1.807) is 20.4 Å². The quantitative estimate of drug-likeness (QED) is 0.254. The van der Waals surface area contributed by atoms with E-state index in [0.29, 0.717) is 29.7 Å². The topological polar surface area (TPSA) is 77.0 Å². The van der Waals surface area contributed by atoms with Crippen molar-refractivity contribution in [2.75, 3.05) is 27.3 Å². The summed E-state index contributed by atoms with van der Waals surface area (Å²) in [6, 6.07) is 19.7. The van der Waals surface area contributed by atoms with Crippen LogP contribution in [0.5, 0.6) is 23.1 Å². The zero-order valence-corrected chi connectivity index (χ0v) is 19.5. The minimum Gasteiger partial charge on any atom is -0.493 e. The summed E-state index contributed by atoms with van der Waals surface area (Å²) >= 11 is 0. The van der Waals surface area contributed by atoms with Gasteiger partial charge in [-0.15, -0.1) is 0 Å². The van der Waals surface area contributed by atoms with Gasteiger partial charge in [0, 0.05) is 25.4 Å². The predicted molar refractivity (Wildman–Crippen MR) is 131 cm³/mol. The van der Waals surface area contributed by atoms with Crippen LogP contribution in [0.3, 0.4) is 0 Å². The molecular formula is C26H32N4O3. The number of guanidine groups is 1. The van der Waals surface area contributed by atoms with E-state index in [-0.39, 0.29) is 0 Å². The highest BCUT2D eigenvalue weighted by Gasteiger charge is 2.13. The molecule has 0 amide bonds. The molecule has 33 heavy (non-hydrogen) atoms. The van der Waals surface area contributed by atoms with Gasteiger partial charge in [0.15, 0.2) is 17.5 Å². The molecule has 0 aliphatic rings. The fraction of sp³-hybridized carbons (Fsp3) is 0.308. The first kappa shape index (κ1) is 23.9. The molecule has 0 saturated heterocycles. The highest BCUT2D eigenvalue weighted by molar-refractivity contribution is 5.79. The zero-order valence-electron chi connectivity index (χ0n) is 19.5. The molecule has 0 aliphatic carbocycles. The first-order chi connectivity index (χ1) is 16.2. The van der Waals surface area contributed by atoms with E-state index in [1.165, 1.54) is 5.56 Å². The van der Waals surface area contributed by atoms with Crippen molar-refractivity contribution in [3.63, 3.8) is 0 Å². The number of nitrogens with zero attached hydrogens (tertiary/aromatic N) is 2. The van der Waals surface area contributed by atoms with Gasteiger partial charge in [0.1, 0.15) is 0 Å². The van der Waals surface area contributed by atoms with Crippen LogP contribution in [0.1, 0.15) is 24.5 Å². The molecule has 3 rings (SSSR count). The number of pyridine rings is 1. The lowest BCUT2D eigenvalue weighted by Gasteiger charge is -2.13. The number of aromatic nitrogens is 1. The first-order valence-electron chi connectivity index (χ1n) is 11.1. The molecule has 174 valence electrons. The average Bonchev–Trinajstić information content (AvgIpc) is 2.86. The van der Waals surface area contributed by atoms with Crippen molar-refractivity contribution < 1.29 is 14.2 Å². The van der Waals surface area contributed by atoms with Gasteiger partial charge in [0.2, 0.25) is 11.6 Å². The molecule has 0 bridgehead atoms. The molecule has 0 fully saturated rings. The lowest BCUT2D eigenvalue weighted by atomic mass is 10.1. The predicted octanol–water partition coefficient (Wildman–Crippen LogP) is 4.58. The number of para-hydroxylation sites is 1. The van der Waals surface area contributed by atoms with Crippen LogP contribution in [0.15, 0.2) is 71.9 Å². The molecule has 0 atom stereocenters. The lowest BCUT2D eigenvalue weighted by Crippen LogP contribution is -2.37. The fourth-order valence-corrected chi connectivity index (χ4v) is 3.24. The van der Waals surface area contributed by atoms with Crippen molar-refractivity contribution in [2.45, 2.75) is 26.3 Å². The molecule has 0 unspecified atom stereocenters. The van der Waals surface area contributed by atoms with Gasteiger partial charge in [-0.2, -0.15) is 0 Å². The van der Waals surface area contributed by atoms with Gasteiger partial charge in [-0.05, 0) is 43.0 Å². The highest BCUT2D eigenvalue weighted by Crippen LogP contribution is 2.39. The van der Waals surface area contributed by atoms with E-state index in [1.807, 2.05) is 36.4 Å². The van der Waals surface area contributed by atoms with Gasteiger partial charge in [-0.1, -0.05) is 42.5 Å².